The minimum Gasteiger partial charge on any atom is -0.320 e. The Kier molecular flexibility index (Phi) is 6.36. The third-order valence-electron chi connectivity index (χ3n) is 4.64. The van der Waals surface area contributed by atoms with Gasteiger partial charge in [0.25, 0.3) is 5.91 Å². The number of nitrogens with zero attached hydrogens (tertiary/aromatic N) is 4. The van der Waals surface area contributed by atoms with Gasteiger partial charge in [-0.25, -0.2) is 13.8 Å². The van der Waals surface area contributed by atoms with Crippen molar-refractivity contribution in [1.82, 2.24) is 20.0 Å². The molecule has 4 aromatic rings. The van der Waals surface area contributed by atoms with Gasteiger partial charge >= 0.3 is 0 Å². The fraction of sp³-hybridized carbons (Fsp3) is 0.0435. The molecule has 1 amide bonds. The second-order valence-electron chi connectivity index (χ2n) is 6.80. The van der Waals surface area contributed by atoms with E-state index in [9.17, 15) is 13.6 Å². The molecule has 0 bridgehead atoms. The number of hydrogen-bond acceptors (Lipinski definition) is 4. The van der Waals surface area contributed by atoms with Crippen molar-refractivity contribution in [3.8, 4) is 29.3 Å². The van der Waals surface area contributed by atoms with Gasteiger partial charge in [0.05, 0.1) is 39.9 Å². The zero-order valence-corrected chi connectivity index (χ0v) is 18.2. The minimum absolute atomic E-state index is 0.00343. The lowest BCUT2D eigenvalue weighted by molar-refractivity contribution is 0.102. The highest BCUT2D eigenvalue weighted by Gasteiger charge is 2.19. The number of hydrogen-bond donors (Lipinski definition) is 1. The van der Waals surface area contributed by atoms with Crippen LogP contribution in [-0.2, 0) is 6.42 Å². The molecule has 2 heterocycles. The first kappa shape index (κ1) is 22.4. The number of amides is 1. The Labute approximate surface area is 197 Å². The molecule has 0 aliphatic heterocycles. The SMILES string of the molecule is C#CCc1cc(F)ccc1-c1cc(Cl)c(C(=O)Nc2cnc(-n3nccn3)c(Cl)c2)cc1F. The molecule has 4 rings (SSSR count). The number of carbonyl (C=O) groups is 1. The van der Waals surface area contributed by atoms with Crippen LogP contribution in [0.4, 0.5) is 14.5 Å². The molecule has 0 saturated heterocycles. The van der Waals surface area contributed by atoms with Gasteiger partial charge in [0.15, 0.2) is 5.82 Å². The first-order valence-electron chi connectivity index (χ1n) is 9.42. The number of rotatable bonds is 5. The van der Waals surface area contributed by atoms with Crippen LogP contribution < -0.4 is 5.32 Å². The van der Waals surface area contributed by atoms with Gasteiger partial charge in [0, 0.05) is 12.0 Å². The molecular formula is C23H13Cl2F2N5O. The Morgan fingerprint density at radius 3 is 2.52 bits per heavy atom. The number of terminal acetylenes is 1. The summed E-state index contributed by atoms with van der Waals surface area (Å²) in [6, 6.07) is 7.61. The van der Waals surface area contributed by atoms with Gasteiger partial charge in [-0.15, -0.1) is 17.1 Å². The van der Waals surface area contributed by atoms with Gasteiger partial charge in [-0.05, 0) is 41.5 Å². The van der Waals surface area contributed by atoms with Gasteiger partial charge < -0.3 is 5.32 Å². The lowest BCUT2D eigenvalue weighted by atomic mass is 9.96. The molecule has 0 unspecified atom stereocenters. The van der Waals surface area contributed by atoms with Gasteiger partial charge in [-0.2, -0.15) is 10.2 Å². The zero-order valence-electron chi connectivity index (χ0n) is 16.7. The quantitative estimate of drug-likeness (QED) is 0.388. The fourth-order valence-electron chi connectivity index (χ4n) is 3.18. The van der Waals surface area contributed by atoms with Gasteiger partial charge in [-0.1, -0.05) is 29.3 Å². The molecule has 0 aliphatic carbocycles. The van der Waals surface area contributed by atoms with E-state index in [0.717, 1.165) is 6.07 Å². The van der Waals surface area contributed by atoms with Crippen molar-refractivity contribution in [2.45, 2.75) is 6.42 Å². The lowest BCUT2D eigenvalue weighted by Crippen LogP contribution is -2.14. The summed E-state index contributed by atoms with van der Waals surface area (Å²) in [5.74, 6) is 0.811. The molecule has 2 aromatic carbocycles. The maximum Gasteiger partial charge on any atom is 0.257 e. The van der Waals surface area contributed by atoms with Crippen molar-refractivity contribution in [2.75, 3.05) is 5.32 Å². The molecule has 0 atom stereocenters. The molecule has 164 valence electrons. The van der Waals surface area contributed by atoms with Crippen LogP contribution in [0.5, 0.6) is 0 Å². The van der Waals surface area contributed by atoms with Crippen molar-refractivity contribution in [1.29, 1.82) is 0 Å². The number of carbonyl (C=O) groups excluding carboxylic acids is 1. The van der Waals surface area contributed by atoms with Crippen molar-refractivity contribution >= 4 is 34.8 Å². The number of pyridine rings is 1. The highest BCUT2D eigenvalue weighted by molar-refractivity contribution is 6.35. The van der Waals surface area contributed by atoms with Gasteiger partial charge in [0.1, 0.15) is 11.6 Å². The summed E-state index contributed by atoms with van der Waals surface area (Å²) >= 11 is 12.5. The third kappa shape index (κ3) is 4.70. The molecule has 2 aromatic heterocycles. The van der Waals surface area contributed by atoms with Crippen molar-refractivity contribution < 1.29 is 13.6 Å². The van der Waals surface area contributed by atoms with E-state index in [4.69, 9.17) is 29.6 Å². The lowest BCUT2D eigenvalue weighted by Gasteiger charge is -2.13. The summed E-state index contributed by atoms with van der Waals surface area (Å²) in [5, 5.41) is 10.6. The van der Waals surface area contributed by atoms with Crippen LogP contribution in [0, 0.1) is 24.0 Å². The normalized spacial score (nSPS) is 10.6. The summed E-state index contributed by atoms with van der Waals surface area (Å²) in [7, 11) is 0. The summed E-state index contributed by atoms with van der Waals surface area (Å²) in [6.07, 6.45) is 9.73. The van der Waals surface area contributed by atoms with Crippen LogP contribution in [0.15, 0.2) is 55.0 Å². The number of nitrogens with one attached hydrogen (secondary N) is 1. The first-order valence-corrected chi connectivity index (χ1v) is 10.2. The molecule has 0 radical (unpaired) electrons. The average Bonchev–Trinajstić information content (AvgIpc) is 3.30. The highest BCUT2D eigenvalue weighted by Crippen LogP contribution is 2.32. The maximum absolute atomic E-state index is 15.0. The smallest absolute Gasteiger partial charge is 0.257 e. The average molecular weight is 484 g/mol. The number of anilines is 1. The predicted molar refractivity (Wildman–Crippen MR) is 121 cm³/mol. The molecule has 0 aliphatic rings. The Balaban J connectivity index is 1.62. The van der Waals surface area contributed by atoms with E-state index in [-0.39, 0.29) is 39.1 Å². The van der Waals surface area contributed by atoms with E-state index in [1.54, 1.807) is 0 Å². The largest absolute Gasteiger partial charge is 0.320 e. The number of halogens is 4. The maximum atomic E-state index is 15.0. The standard InChI is InChI=1S/C23H13Cl2F2N5O/c1-2-3-13-8-14(26)4-5-16(13)17-10-19(24)18(11-21(17)27)23(33)31-15-9-20(25)22(28-12-15)32-29-6-7-30-32/h1,4-12H,3H2,(H,31,33). The fourth-order valence-corrected chi connectivity index (χ4v) is 3.67. The second-order valence-corrected chi connectivity index (χ2v) is 7.61. The Morgan fingerprint density at radius 2 is 1.82 bits per heavy atom. The first-order chi connectivity index (χ1) is 15.9. The van der Waals surface area contributed by atoms with Gasteiger partial charge in [0.2, 0.25) is 0 Å². The molecule has 6 nitrogen and oxygen atoms in total. The molecule has 0 fully saturated rings. The van der Waals surface area contributed by atoms with Crippen LogP contribution >= 0.6 is 23.2 Å². The topological polar surface area (TPSA) is 72.7 Å². The zero-order chi connectivity index (χ0) is 23.5. The van der Waals surface area contributed by atoms with Crippen molar-refractivity contribution in [3.05, 3.63) is 87.8 Å². The number of benzene rings is 2. The molecular weight excluding hydrogens is 471 g/mol. The van der Waals surface area contributed by atoms with E-state index in [0.29, 0.717) is 11.1 Å². The van der Waals surface area contributed by atoms with E-state index >= 15 is 0 Å². The Morgan fingerprint density at radius 1 is 1.06 bits per heavy atom. The van der Waals surface area contributed by atoms with Crippen LogP contribution in [-0.4, -0.2) is 25.9 Å². The van der Waals surface area contributed by atoms with E-state index in [1.807, 2.05) is 0 Å². The van der Waals surface area contributed by atoms with Crippen LogP contribution in [0.1, 0.15) is 15.9 Å². The van der Waals surface area contributed by atoms with E-state index in [2.05, 4.69) is 26.4 Å². The molecule has 0 spiro atoms. The Hall–Kier alpha value is -3.80. The van der Waals surface area contributed by atoms with E-state index < -0.39 is 17.5 Å². The second kappa shape index (κ2) is 9.36. The van der Waals surface area contributed by atoms with Crippen LogP contribution in [0.3, 0.4) is 0 Å². The van der Waals surface area contributed by atoms with Crippen molar-refractivity contribution in [2.24, 2.45) is 0 Å². The summed E-state index contributed by atoms with van der Waals surface area (Å²) in [6.45, 7) is 0. The Bertz CT molecular complexity index is 1400. The minimum atomic E-state index is -0.717. The number of aromatic nitrogens is 4. The predicted octanol–water partition coefficient (Wildman–Crippen LogP) is 5.34. The monoisotopic (exact) mass is 483 g/mol. The summed E-state index contributed by atoms with van der Waals surface area (Å²) in [5.41, 5.74) is 1.07. The molecule has 33 heavy (non-hydrogen) atoms. The molecule has 1 N–H and O–H groups in total. The van der Waals surface area contributed by atoms with Crippen LogP contribution in [0.2, 0.25) is 10.0 Å². The molecule has 10 heteroatoms. The van der Waals surface area contributed by atoms with Crippen molar-refractivity contribution in [3.63, 3.8) is 0 Å². The summed E-state index contributed by atoms with van der Waals surface area (Å²) < 4.78 is 28.6. The van der Waals surface area contributed by atoms with E-state index in [1.165, 1.54) is 53.7 Å². The highest BCUT2D eigenvalue weighted by atomic mass is 35.5. The summed E-state index contributed by atoms with van der Waals surface area (Å²) in [4.78, 5) is 18.1. The van der Waals surface area contributed by atoms with Crippen LogP contribution in [0.25, 0.3) is 16.9 Å². The van der Waals surface area contributed by atoms with Gasteiger partial charge in [-0.3, -0.25) is 4.79 Å². The third-order valence-corrected chi connectivity index (χ3v) is 5.23. The molecule has 0 saturated carbocycles.